The van der Waals surface area contributed by atoms with Crippen molar-refractivity contribution in [1.82, 2.24) is 5.32 Å². The maximum Gasteiger partial charge on any atom is 0.253 e. The number of nitrogens with two attached hydrogens (primary N) is 1. The molecule has 80 valence electrons. The first kappa shape index (κ1) is 10.0. The third kappa shape index (κ3) is 1.96. The Bertz CT molecular complexity index is 401. The summed E-state index contributed by atoms with van der Waals surface area (Å²) in [6.07, 6.45) is 1.08. The van der Waals surface area contributed by atoms with E-state index in [0.29, 0.717) is 23.2 Å². The van der Waals surface area contributed by atoms with Crippen molar-refractivity contribution < 1.29 is 4.79 Å². The first-order valence-electron chi connectivity index (χ1n) is 5.25. The van der Waals surface area contributed by atoms with E-state index in [0.717, 1.165) is 12.0 Å². The molecule has 1 aliphatic carbocycles. The van der Waals surface area contributed by atoms with E-state index in [2.05, 4.69) is 12.2 Å². The van der Waals surface area contributed by atoms with Crippen LogP contribution in [0.3, 0.4) is 0 Å². The Morgan fingerprint density at radius 3 is 2.80 bits per heavy atom. The predicted molar refractivity (Wildman–Crippen MR) is 60.6 cm³/mol. The molecule has 0 bridgehead atoms. The molecular weight excluding hydrogens is 188 g/mol. The minimum atomic E-state index is -0.0504. The molecule has 2 atom stereocenters. The van der Waals surface area contributed by atoms with E-state index in [1.165, 1.54) is 0 Å². The molecular formula is C12H16N2O. The molecule has 0 aromatic heterocycles. The van der Waals surface area contributed by atoms with Crippen molar-refractivity contribution in [3.05, 3.63) is 29.3 Å². The molecule has 2 rings (SSSR count). The fourth-order valence-corrected chi connectivity index (χ4v) is 1.65. The Labute approximate surface area is 89.7 Å². The summed E-state index contributed by atoms with van der Waals surface area (Å²) in [4.78, 5) is 11.8. The summed E-state index contributed by atoms with van der Waals surface area (Å²) in [5.41, 5.74) is 7.98. The normalized spacial score (nSPS) is 23.6. The van der Waals surface area contributed by atoms with Crippen molar-refractivity contribution >= 4 is 11.6 Å². The Balaban J connectivity index is 2.14. The van der Waals surface area contributed by atoms with Gasteiger partial charge in [0.1, 0.15) is 0 Å². The summed E-state index contributed by atoms with van der Waals surface area (Å²) in [7, 11) is 0. The maximum atomic E-state index is 11.8. The van der Waals surface area contributed by atoms with Crippen LogP contribution in [0, 0.1) is 12.8 Å². The fourth-order valence-electron chi connectivity index (χ4n) is 1.65. The number of amides is 1. The smallest absolute Gasteiger partial charge is 0.253 e. The highest BCUT2D eigenvalue weighted by Gasteiger charge is 2.34. The van der Waals surface area contributed by atoms with Crippen molar-refractivity contribution in [3.63, 3.8) is 0 Å². The van der Waals surface area contributed by atoms with E-state index in [-0.39, 0.29) is 5.91 Å². The lowest BCUT2D eigenvalue weighted by Crippen LogP contribution is -2.27. The summed E-state index contributed by atoms with van der Waals surface area (Å²) >= 11 is 0. The second-order valence-corrected chi connectivity index (χ2v) is 4.33. The van der Waals surface area contributed by atoms with Crippen LogP contribution in [-0.4, -0.2) is 11.9 Å². The molecule has 1 saturated carbocycles. The van der Waals surface area contributed by atoms with Gasteiger partial charge >= 0.3 is 0 Å². The van der Waals surface area contributed by atoms with Gasteiger partial charge in [-0.15, -0.1) is 0 Å². The van der Waals surface area contributed by atoms with E-state index < -0.39 is 0 Å². The topological polar surface area (TPSA) is 55.1 Å². The Kier molecular flexibility index (Phi) is 2.39. The fraction of sp³-hybridized carbons (Fsp3) is 0.417. The van der Waals surface area contributed by atoms with Crippen molar-refractivity contribution in [2.75, 3.05) is 5.73 Å². The number of hydrogen-bond donors (Lipinski definition) is 2. The van der Waals surface area contributed by atoms with Gasteiger partial charge in [0.25, 0.3) is 5.91 Å². The molecule has 0 aliphatic heterocycles. The maximum absolute atomic E-state index is 11.8. The van der Waals surface area contributed by atoms with Crippen molar-refractivity contribution in [2.24, 2.45) is 5.92 Å². The standard InChI is InChI=1S/C12H16N2O/c1-7-4-3-5-9(11(7)13)12(15)14-10-6-8(10)2/h3-5,8,10H,6,13H2,1-2H3,(H,14,15). The highest BCUT2D eigenvalue weighted by Crippen LogP contribution is 2.29. The predicted octanol–water partition coefficient (Wildman–Crippen LogP) is 1.72. The number of nitrogens with one attached hydrogen (secondary N) is 1. The van der Waals surface area contributed by atoms with E-state index in [1.54, 1.807) is 6.07 Å². The molecule has 2 unspecified atom stereocenters. The van der Waals surface area contributed by atoms with E-state index in [1.807, 2.05) is 19.1 Å². The molecule has 3 nitrogen and oxygen atoms in total. The number of rotatable bonds is 2. The first-order chi connectivity index (χ1) is 7.09. The van der Waals surface area contributed by atoms with E-state index >= 15 is 0 Å². The highest BCUT2D eigenvalue weighted by molar-refractivity contribution is 6.00. The number of para-hydroxylation sites is 1. The number of anilines is 1. The van der Waals surface area contributed by atoms with Crippen LogP contribution in [0.1, 0.15) is 29.3 Å². The molecule has 1 fully saturated rings. The van der Waals surface area contributed by atoms with Gasteiger partial charge in [-0.25, -0.2) is 0 Å². The molecule has 15 heavy (non-hydrogen) atoms. The lowest BCUT2D eigenvalue weighted by atomic mass is 10.1. The molecule has 1 aliphatic rings. The van der Waals surface area contributed by atoms with E-state index in [4.69, 9.17) is 5.73 Å². The van der Waals surface area contributed by atoms with Gasteiger partial charge in [-0.3, -0.25) is 4.79 Å². The third-order valence-electron chi connectivity index (χ3n) is 2.99. The third-order valence-corrected chi connectivity index (χ3v) is 2.99. The van der Waals surface area contributed by atoms with Gasteiger partial charge in [-0.05, 0) is 30.9 Å². The van der Waals surface area contributed by atoms with Gasteiger partial charge in [0.15, 0.2) is 0 Å². The summed E-state index contributed by atoms with van der Waals surface area (Å²) < 4.78 is 0. The second kappa shape index (κ2) is 3.57. The van der Waals surface area contributed by atoms with Crippen LogP contribution < -0.4 is 11.1 Å². The number of aryl methyl sites for hydroxylation is 1. The molecule has 3 N–H and O–H groups in total. The largest absolute Gasteiger partial charge is 0.398 e. The zero-order valence-corrected chi connectivity index (χ0v) is 9.08. The zero-order chi connectivity index (χ0) is 11.0. The minimum Gasteiger partial charge on any atom is -0.398 e. The SMILES string of the molecule is Cc1cccc(C(=O)NC2CC2C)c1N. The van der Waals surface area contributed by atoms with Gasteiger partial charge < -0.3 is 11.1 Å². The van der Waals surface area contributed by atoms with Gasteiger partial charge in [-0.2, -0.15) is 0 Å². The van der Waals surface area contributed by atoms with Gasteiger partial charge in [0.2, 0.25) is 0 Å². The Hall–Kier alpha value is -1.51. The summed E-state index contributed by atoms with van der Waals surface area (Å²) in [5.74, 6) is 0.561. The molecule has 1 aromatic rings. The highest BCUT2D eigenvalue weighted by atomic mass is 16.1. The van der Waals surface area contributed by atoms with Crippen LogP contribution in [0.5, 0.6) is 0 Å². The van der Waals surface area contributed by atoms with Crippen molar-refractivity contribution in [2.45, 2.75) is 26.3 Å². The molecule has 0 radical (unpaired) electrons. The van der Waals surface area contributed by atoms with Crippen LogP contribution in [0.25, 0.3) is 0 Å². The number of benzene rings is 1. The van der Waals surface area contributed by atoms with Crippen LogP contribution in [-0.2, 0) is 0 Å². The number of carbonyl (C=O) groups excluding carboxylic acids is 1. The van der Waals surface area contributed by atoms with Crippen LogP contribution in [0.4, 0.5) is 5.69 Å². The molecule has 3 heteroatoms. The summed E-state index contributed by atoms with van der Waals surface area (Å²) in [5, 5.41) is 2.97. The van der Waals surface area contributed by atoms with Crippen LogP contribution >= 0.6 is 0 Å². The first-order valence-corrected chi connectivity index (χ1v) is 5.25. The molecule has 0 heterocycles. The van der Waals surface area contributed by atoms with Gasteiger partial charge in [-0.1, -0.05) is 19.1 Å². The zero-order valence-electron chi connectivity index (χ0n) is 9.08. The Morgan fingerprint density at radius 2 is 2.20 bits per heavy atom. The quantitative estimate of drug-likeness (QED) is 0.721. The monoisotopic (exact) mass is 204 g/mol. The van der Waals surface area contributed by atoms with E-state index in [9.17, 15) is 4.79 Å². The second-order valence-electron chi connectivity index (χ2n) is 4.33. The summed E-state index contributed by atoms with van der Waals surface area (Å²) in [6, 6.07) is 5.88. The number of hydrogen-bond acceptors (Lipinski definition) is 2. The van der Waals surface area contributed by atoms with Crippen LogP contribution in [0.2, 0.25) is 0 Å². The van der Waals surface area contributed by atoms with Crippen molar-refractivity contribution in [1.29, 1.82) is 0 Å². The van der Waals surface area contributed by atoms with Gasteiger partial charge in [0, 0.05) is 11.7 Å². The molecule has 0 saturated heterocycles. The van der Waals surface area contributed by atoms with Gasteiger partial charge in [0.05, 0.1) is 5.56 Å². The van der Waals surface area contributed by atoms with Crippen molar-refractivity contribution in [3.8, 4) is 0 Å². The number of nitrogen functional groups attached to an aromatic ring is 1. The molecule has 1 amide bonds. The Morgan fingerprint density at radius 1 is 1.53 bits per heavy atom. The molecule has 0 spiro atoms. The van der Waals surface area contributed by atoms with Crippen LogP contribution in [0.15, 0.2) is 18.2 Å². The minimum absolute atomic E-state index is 0.0504. The average Bonchev–Trinajstić information content (AvgIpc) is 2.86. The lowest BCUT2D eigenvalue weighted by molar-refractivity contribution is 0.0950. The summed E-state index contributed by atoms with van der Waals surface area (Å²) in [6.45, 7) is 4.04. The lowest BCUT2D eigenvalue weighted by Gasteiger charge is -2.08. The number of carbonyl (C=O) groups is 1. The molecule has 1 aromatic carbocycles. The average molecular weight is 204 g/mol.